The highest BCUT2D eigenvalue weighted by molar-refractivity contribution is 6.68. The second-order valence-corrected chi connectivity index (χ2v) is 11.1. The second-order valence-electron chi connectivity index (χ2n) is 7.86. The van der Waals surface area contributed by atoms with Crippen molar-refractivity contribution in [3.63, 3.8) is 0 Å². The summed E-state index contributed by atoms with van der Waals surface area (Å²) >= 11 is 0. The van der Waals surface area contributed by atoms with Crippen LogP contribution in [0.25, 0.3) is 11.1 Å². The predicted octanol–water partition coefficient (Wildman–Crippen LogP) is 2.92. The quantitative estimate of drug-likeness (QED) is 0.757. The Morgan fingerprint density at radius 3 is 2.62 bits per heavy atom. The molecule has 26 heavy (non-hydrogen) atoms. The molecule has 1 atom stereocenters. The first-order chi connectivity index (χ1) is 12.5. The average Bonchev–Trinajstić information content (AvgIpc) is 3.20. The van der Waals surface area contributed by atoms with Crippen LogP contribution in [-0.4, -0.2) is 38.7 Å². The molecule has 2 saturated heterocycles. The number of halogens is 1. The van der Waals surface area contributed by atoms with Gasteiger partial charge in [-0.1, -0.05) is 32.0 Å². The Morgan fingerprint density at radius 1 is 1.27 bits per heavy atom. The number of rotatable bonds is 7. The molecule has 7 heteroatoms. The van der Waals surface area contributed by atoms with E-state index in [1.165, 1.54) is 6.04 Å². The van der Waals surface area contributed by atoms with Crippen molar-refractivity contribution in [3.8, 4) is 17.1 Å². The summed E-state index contributed by atoms with van der Waals surface area (Å²) in [6.07, 6.45) is 3.23. The van der Waals surface area contributed by atoms with Crippen molar-refractivity contribution < 1.29 is 13.6 Å². The lowest BCUT2D eigenvalue weighted by atomic mass is 10.1. The monoisotopic (exact) mass is 373 g/mol. The lowest BCUT2D eigenvalue weighted by Crippen LogP contribution is -2.45. The van der Waals surface area contributed by atoms with Gasteiger partial charge in [0.2, 0.25) is 0 Å². The van der Waals surface area contributed by atoms with Gasteiger partial charge >= 0.3 is 6.01 Å². The van der Waals surface area contributed by atoms with Crippen LogP contribution in [0.1, 0.15) is 19.4 Å². The van der Waals surface area contributed by atoms with E-state index in [1.807, 2.05) is 6.07 Å². The number of nitrogens with zero attached hydrogens (tertiary/aromatic N) is 2. The minimum atomic E-state index is -1.14. The van der Waals surface area contributed by atoms with Gasteiger partial charge in [-0.15, -0.1) is 0 Å². The van der Waals surface area contributed by atoms with Gasteiger partial charge in [0.1, 0.15) is 5.82 Å². The van der Waals surface area contributed by atoms with Gasteiger partial charge < -0.3 is 14.5 Å². The predicted molar refractivity (Wildman–Crippen MR) is 100 cm³/mol. The Bertz CT molecular complexity index is 781. The summed E-state index contributed by atoms with van der Waals surface area (Å²) < 4.78 is 26.4. The number of hydrogen-bond donors (Lipinski definition) is 1. The van der Waals surface area contributed by atoms with Gasteiger partial charge in [-0.05, 0) is 11.1 Å². The third-order valence-electron chi connectivity index (χ3n) is 5.20. The Morgan fingerprint density at radius 2 is 2.00 bits per heavy atom. The fourth-order valence-corrected chi connectivity index (χ4v) is 5.07. The molecule has 1 unspecified atom stereocenters. The van der Waals surface area contributed by atoms with Crippen molar-refractivity contribution in [2.45, 2.75) is 31.5 Å². The first-order valence-electron chi connectivity index (χ1n) is 9.08. The number of hydrogen-bond acceptors (Lipinski definition) is 5. The van der Waals surface area contributed by atoms with E-state index in [1.54, 1.807) is 24.5 Å². The summed E-state index contributed by atoms with van der Waals surface area (Å²) in [5.41, 5.74) is 1.74. The molecule has 0 spiro atoms. The maximum absolute atomic E-state index is 14.9. The topological polar surface area (TPSA) is 56.3 Å². The van der Waals surface area contributed by atoms with Crippen molar-refractivity contribution >= 4 is 9.04 Å². The molecule has 4 rings (SSSR count). The molecule has 3 heterocycles. The van der Waals surface area contributed by atoms with Crippen molar-refractivity contribution in [2.24, 2.45) is 5.92 Å². The van der Waals surface area contributed by atoms with Crippen LogP contribution in [0.15, 0.2) is 30.6 Å². The fraction of sp³-hybridized carbons (Fsp3) is 0.474. The highest BCUT2D eigenvalue weighted by Crippen LogP contribution is 2.53. The molecule has 2 aliphatic heterocycles. The first-order valence-corrected chi connectivity index (χ1v) is 10.9. The minimum Gasteiger partial charge on any atom is -0.463 e. The minimum absolute atomic E-state index is 0.252. The summed E-state index contributed by atoms with van der Waals surface area (Å²) in [6.45, 7) is 7.34. The number of aromatic nitrogens is 2. The Kier molecular flexibility index (Phi) is 4.77. The zero-order valence-corrected chi connectivity index (χ0v) is 16.3. The Balaban J connectivity index is 1.42. The van der Waals surface area contributed by atoms with E-state index in [2.05, 4.69) is 29.1 Å². The molecular weight excluding hydrogens is 349 g/mol. The zero-order valence-electron chi connectivity index (χ0n) is 15.2. The first kappa shape index (κ1) is 17.6. The van der Waals surface area contributed by atoms with E-state index in [0.717, 1.165) is 13.1 Å². The molecule has 2 aliphatic rings. The fourth-order valence-electron chi connectivity index (χ4n) is 3.00. The molecule has 0 radical (unpaired) electrons. The van der Waals surface area contributed by atoms with Crippen LogP contribution in [0.2, 0.25) is 11.1 Å². The molecule has 0 amide bonds. The van der Waals surface area contributed by atoms with Crippen LogP contribution in [0, 0.1) is 11.7 Å². The third kappa shape index (κ3) is 3.79. The molecule has 138 valence electrons. The lowest BCUT2D eigenvalue weighted by Gasteiger charge is -2.26. The molecular formula is C19H24FN3O2Si. The molecule has 1 aromatic carbocycles. The summed E-state index contributed by atoms with van der Waals surface area (Å²) in [6, 6.07) is 6.89. The average molecular weight is 374 g/mol. The second kappa shape index (κ2) is 7.06. The Hall–Kier alpha value is -1.83. The van der Waals surface area contributed by atoms with Gasteiger partial charge in [0.15, 0.2) is 9.04 Å². The SMILES string of the molecule is CC1(C)C[SiH]1OCc1cccc(-c2cnc(OCC3CNC3)nc2)c1F. The van der Waals surface area contributed by atoms with Crippen LogP contribution in [0.5, 0.6) is 6.01 Å². The summed E-state index contributed by atoms with van der Waals surface area (Å²) in [4.78, 5) is 8.43. The van der Waals surface area contributed by atoms with E-state index in [4.69, 9.17) is 9.16 Å². The van der Waals surface area contributed by atoms with E-state index in [-0.39, 0.29) is 5.82 Å². The number of benzene rings is 1. The number of nitrogens with one attached hydrogen (secondary N) is 1. The smallest absolute Gasteiger partial charge is 0.316 e. The molecule has 2 fully saturated rings. The van der Waals surface area contributed by atoms with Gasteiger partial charge in [0.25, 0.3) is 0 Å². The molecule has 2 aromatic rings. The molecule has 0 bridgehead atoms. The van der Waals surface area contributed by atoms with Crippen LogP contribution < -0.4 is 10.1 Å². The van der Waals surface area contributed by atoms with Gasteiger partial charge in [-0.3, -0.25) is 0 Å². The van der Waals surface area contributed by atoms with E-state index in [0.29, 0.717) is 46.9 Å². The largest absolute Gasteiger partial charge is 0.463 e. The number of ether oxygens (including phenoxy) is 1. The summed E-state index contributed by atoms with van der Waals surface area (Å²) in [5.74, 6) is 0.269. The Labute approximate surface area is 154 Å². The van der Waals surface area contributed by atoms with E-state index >= 15 is 0 Å². The van der Waals surface area contributed by atoms with Crippen LogP contribution in [0.3, 0.4) is 0 Å². The zero-order chi connectivity index (χ0) is 18.1. The maximum atomic E-state index is 14.9. The van der Waals surface area contributed by atoms with Gasteiger partial charge in [-0.25, -0.2) is 14.4 Å². The normalized spacial score (nSPS) is 21.3. The van der Waals surface area contributed by atoms with Crippen molar-refractivity contribution in [1.29, 1.82) is 0 Å². The molecule has 0 saturated carbocycles. The van der Waals surface area contributed by atoms with Crippen molar-refractivity contribution in [2.75, 3.05) is 19.7 Å². The highest BCUT2D eigenvalue weighted by Gasteiger charge is 2.49. The lowest BCUT2D eigenvalue weighted by molar-refractivity contribution is 0.187. The van der Waals surface area contributed by atoms with Crippen molar-refractivity contribution in [1.82, 2.24) is 15.3 Å². The molecule has 5 nitrogen and oxygen atoms in total. The van der Waals surface area contributed by atoms with E-state index < -0.39 is 9.04 Å². The van der Waals surface area contributed by atoms with Crippen LogP contribution in [-0.2, 0) is 11.0 Å². The van der Waals surface area contributed by atoms with Crippen molar-refractivity contribution in [3.05, 3.63) is 42.0 Å². The van der Waals surface area contributed by atoms with E-state index in [9.17, 15) is 4.39 Å². The standard InChI is InChI=1S/C19H24FN3O2Si/c1-19(2)12-26(19)25-11-14-4-3-5-16(17(14)20)15-8-22-18(23-9-15)24-10-13-6-21-7-13/h3-5,8-9,13,21,26H,6-7,10-12H2,1-2H3. The molecule has 0 aliphatic carbocycles. The van der Waals surface area contributed by atoms with Gasteiger partial charge in [0.05, 0.1) is 13.2 Å². The van der Waals surface area contributed by atoms with Gasteiger partial charge in [0, 0.05) is 48.1 Å². The van der Waals surface area contributed by atoms with Crippen LogP contribution >= 0.6 is 0 Å². The molecule has 1 aromatic heterocycles. The summed E-state index contributed by atoms with van der Waals surface area (Å²) in [5, 5.41) is 3.55. The third-order valence-corrected chi connectivity index (χ3v) is 8.61. The maximum Gasteiger partial charge on any atom is 0.316 e. The van der Waals surface area contributed by atoms with Crippen LogP contribution in [0.4, 0.5) is 4.39 Å². The molecule has 1 N–H and O–H groups in total. The highest BCUT2D eigenvalue weighted by atomic mass is 28.3. The van der Waals surface area contributed by atoms with Gasteiger partial charge in [-0.2, -0.15) is 0 Å². The summed E-state index contributed by atoms with van der Waals surface area (Å²) in [7, 11) is -1.14.